The maximum absolute atomic E-state index is 3.33. The third-order valence-electron chi connectivity index (χ3n) is 1.82. The van der Waals surface area contributed by atoms with Crippen LogP contribution in [0.15, 0.2) is 12.1 Å². The summed E-state index contributed by atoms with van der Waals surface area (Å²) in [5, 5.41) is 3.33. The first-order valence-electron chi connectivity index (χ1n) is 4.59. The van der Waals surface area contributed by atoms with Crippen LogP contribution in [0.2, 0.25) is 0 Å². The van der Waals surface area contributed by atoms with Crippen molar-refractivity contribution >= 4 is 11.3 Å². The minimum absolute atomic E-state index is 1.09. The second kappa shape index (κ2) is 5.33. The summed E-state index contributed by atoms with van der Waals surface area (Å²) in [5.74, 6) is 0. The van der Waals surface area contributed by atoms with E-state index in [1.807, 2.05) is 11.3 Å². The van der Waals surface area contributed by atoms with Crippen molar-refractivity contribution in [3.05, 3.63) is 21.9 Å². The van der Waals surface area contributed by atoms with E-state index in [2.05, 4.69) is 31.3 Å². The monoisotopic (exact) mass is 183 g/mol. The highest BCUT2D eigenvalue weighted by Crippen LogP contribution is 2.16. The zero-order chi connectivity index (χ0) is 8.81. The fraction of sp³-hybridized carbons (Fsp3) is 0.600. The van der Waals surface area contributed by atoms with Crippen LogP contribution in [0.3, 0.4) is 0 Å². The van der Waals surface area contributed by atoms with Crippen molar-refractivity contribution in [3.8, 4) is 0 Å². The Bertz CT molecular complexity index is 217. The Morgan fingerprint density at radius 3 is 2.83 bits per heavy atom. The van der Waals surface area contributed by atoms with Crippen LogP contribution in [0, 0.1) is 6.92 Å². The van der Waals surface area contributed by atoms with Crippen LogP contribution < -0.4 is 5.32 Å². The van der Waals surface area contributed by atoms with E-state index in [1.165, 1.54) is 22.6 Å². The zero-order valence-electron chi connectivity index (χ0n) is 7.89. The second-order valence-corrected chi connectivity index (χ2v) is 4.34. The molecule has 1 nitrogen and oxygen atoms in total. The van der Waals surface area contributed by atoms with Gasteiger partial charge < -0.3 is 5.32 Å². The first-order valence-corrected chi connectivity index (χ1v) is 5.40. The quantitative estimate of drug-likeness (QED) is 0.692. The highest BCUT2D eigenvalue weighted by atomic mass is 32.1. The molecule has 0 saturated carbocycles. The Morgan fingerprint density at radius 1 is 1.42 bits per heavy atom. The van der Waals surface area contributed by atoms with Crippen molar-refractivity contribution in [3.63, 3.8) is 0 Å². The smallest absolute Gasteiger partial charge is 0.00485 e. The number of nitrogens with one attached hydrogen (secondary N) is 1. The molecule has 1 aromatic heterocycles. The first kappa shape index (κ1) is 9.75. The van der Waals surface area contributed by atoms with Crippen LogP contribution >= 0.6 is 11.3 Å². The lowest BCUT2D eigenvalue weighted by atomic mass is 10.2. The lowest BCUT2D eigenvalue weighted by Gasteiger charge is -1.98. The Balaban J connectivity index is 2.15. The summed E-state index contributed by atoms with van der Waals surface area (Å²) in [4.78, 5) is 2.94. The molecule has 0 aliphatic heterocycles. The lowest BCUT2D eigenvalue weighted by molar-refractivity contribution is 0.675. The van der Waals surface area contributed by atoms with Crippen LogP contribution in [0.1, 0.15) is 23.1 Å². The minimum atomic E-state index is 1.09. The number of thiophene rings is 1. The van der Waals surface area contributed by atoms with Gasteiger partial charge in [-0.3, -0.25) is 0 Å². The van der Waals surface area contributed by atoms with Crippen molar-refractivity contribution in [2.45, 2.75) is 26.7 Å². The van der Waals surface area contributed by atoms with Crippen LogP contribution in [0.25, 0.3) is 0 Å². The van der Waals surface area contributed by atoms with Crippen LogP contribution in [-0.2, 0) is 6.42 Å². The average molecular weight is 183 g/mol. The van der Waals surface area contributed by atoms with Gasteiger partial charge in [0.25, 0.3) is 0 Å². The van der Waals surface area contributed by atoms with Gasteiger partial charge in [-0.15, -0.1) is 11.3 Å². The molecule has 0 unspecified atom stereocenters. The molecule has 1 aromatic rings. The Kier molecular flexibility index (Phi) is 4.33. The predicted octanol–water partition coefficient (Wildman–Crippen LogP) is 2.60. The molecule has 0 amide bonds. The Labute approximate surface area is 78.8 Å². The van der Waals surface area contributed by atoms with Gasteiger partial charge in [0.1, 0.15) is 0 Å². The molecule has 1 N–H and O–H groups in total. The molecular formula is C10H17NS. The molecule has 12 heavy (non-hydrogen) atoms. The molecule has 0 aromatic carbocycles. The van der Waals surface area contributed by atoms with E-state index in [-0.39, 0.29) is 0 Å². The van der Waals surface area contributed by atoms with E-state index in [0.717, 1.165) is 13.1 Å². The van der Waals surface area contributed by atoms with E-state index in [9.17, 15) is 0 Å². The molecule has 0 saturated heterocycles. The number of rotatable bonds is 5. The van der Waals surface area contributed by atoms with Gasteiger partial charge in [-0.1, -0.05) is 6.92 Å². The summed E-state index contributed by atoms with van der Waals surface area (Å²) in [7, 11) is 0. The molecule has 0 atom stereocenters. The normalized spacial score (nSPS) is 10.5. The van der Waals surface area contributed by atoms with Gasteiger partial charge in [-0.25, -0.2) is 0 Å². The zero-order valence-corrected chi connectivity index (χ0v) is 8.71. The standard InChI is InChI=1S/C10H17NS/c1-3-11-8-4-5-10-7-6-9(2)12-10/h6-7,11H,3-5,8H2,1-2H3. The minimum Gasteiger partial charge on any atom is -0.317 e. The van der Waals surface area contributed by atoms with Crippen molar-refractivity contribution in [2.24, 2.45) is 0 Å². The summed E-state index contributed by atoms with van der Waals surface area (Å²) in [6.45, 7) is 6.55. The fourth-order valence-corrected chi connectivity index (χ4v) is 2.12. The molecular weight excluding hydrogens is 166 g/mol. The van der Waals surface area contributed by atoms with Crippen molar-refractivity contribution in [1.82, 2.24) is 5.32 Å². The van der Waals surface area contributed by atoms with Gasteiger partial charge in [0, 0.05) is 9.75 Å². The van der Waals surface area contributed by atoms with E-state index in [0.29, 0.717) is 0 Å². The number of hydrogen-bond donors (Lipinski definition) is 1. The summed E-state index contributed by atoms with van der Waals surface area (Å²) >= 11 is 1.92. The Morgan fingerprint density at radius 2 is 2.25 bits per heavy atom. The molecule has 1 rings (SSSR count). The van der Waals surface area contributed by atoms with E-state index >= 15 is 0 Å². The molecule has 2 heteroatoms. The van der Waals surface area contributed by atoms with Crippen LogP contribution in [-0.4, -0.2) is 13.1 Å². The van der Waals surface area contributed by atoms with Gasteiger partial charge in [0.15, 0.2) is 0 Å². The maximum Gasteiger partial charge on any atom is 0.00485 e. The molecule has 1 heterocycles. The molecule has 0 bridgehead atoms. The second-order valence-electron chi connectivity index (χ2n) is 2.97. The largest absolute Gasteiger partial charge is 0.317 e. The van der Waals surface area contributed by atoms with Gasteiger partial charge in [-0.2, -0.15) is 0 Å². The maximum atomic E-state index is 3.33. The number of aryl methyl sites for hydroxylation is 2. The third-order valence-corrected chi connectivity index (χ3v) is 2.88. The first-order chi connectivity index (χ1) is 5.83. The molecule has 0 radical (unpaired) electrons. The third kappa shape index (κ3) is 3.37. The molecule has 0 aliphatic carbocycles. The topological polar surface area (TPSA) is 12.0 Å². The molecule has 68 valence electrons. The van der Waals surface area contributed by atoms with Gasteiger partial charge in [0.05, 0.1) is 0 Å². The van der Waals surface area contributed by atoms with Gasteiger partial charge in [0.2, 0.25) is 0 Å². The van der Waals surface area contributed by atoms with Gasteiger partial charge in [-0.05, 0) is 45.0 Å². The Hall–Kier alpha value is -0.340. The van der Waals surface area contributed by atoms with Crippen molar-refractivity contribution in [1.29, 1.82) is 0 Å². The fourth-order valence-electron chi connectivity index (χ4n) is 1.18. The molecule has 0 fully saturated rings. The molecule has 0 spiro atoms. The summed E-state index contributed by atoms with van der Waals surface area (Å²) in [6, 6.07) is 4.44. The lowest BCUT2D eigenvalue weighted by Crippen LogP contribution is -2.14. The summed E-state index contributed by atoms with van der Waals surface area (Å²) in [5.41, 5.74) is 0. The highest BCUT2D eigenvalue weighted by molar-refractivity contribution is 7.11. The predicted molar refractivity (Wildman–Crippen MR) is 55.9 cm³/mol. The van der Waals surface area contributed by atoms with Gasteiger partial charge >= 0.3 is 0 Å². The average Bonchev–Trinajstić information content (AvgIpc) is 2.45. The number of hydrogen-bond acceptors (Lipinski definition) is 2. The van der Waals surface area contributed by atoms with Crippen LogP contribution in [0.4, 0.5) is 0 Å². The van der Waals surface area contributed by atoms with Crippen molar-refractivity contribution in [2.75, 3.05) is 13.1 Å². The van der Waals surface area contributed by atoms with E-state index < -0.39 is 0 Å². The SMILES string of the molecule is CCNCCCc1ccc(C)s1. The van der Waals surface area contributed by atoms with E-state index in [4.69, 9.17) is 0 Å². The summed E-state index contributed by atoms with van der Waals surface area (Å²) < 4.78 is 0. The molecule has 0 aliphatic rings. The van der Waals surface area contributed by atoms with Crippen LogP contribution in [0.5, 0.6) is 0 Å². The highest BCUT2D eigenvalue weighted by Gasteiger charge is 1.95. The summed E-state index contributed by atoms with van der Waals surface area (Å²) in [6.07, 6.45) is 2.49. The van der Waals surface area contributed by atoms with E-state index in [1.54, 1.807) is 0 Å². The van der Waals surface area contributed by atoms with Crippen molar-refractivity contribution < 1.29 is 0 Å².